The summed E-state index contributed by atoms with van der Waals surface area (Å²) < 4.78 is 10.4. The van der Waals surface area contributed by atoms with Crippen LogP contribution in [0.3, 0.4) is 0 Å². The second-order valence-electron chi connectivity index (χ2n) is 3.37. The predicted molar refractivity (Wildman–Crippen MR) is 55.1 cm³/mol. The van der Waals surface area contributed by atoms with Gasteiger partial charge in [-0.25, -0.2) is 0 Å². The van der Waals surface area contributed by atoms with Crippen molar-refractivity contribution in [2.45, 2.75) is 44.4 Å². The van der Waals surface area contributed by atoms with E-state index in [-0.39, 0.29) is 0 Å². The summed E-state index contributed by atoms with van der Waals surface area (Å²) in [7, 11) is 0. The second kappa shape index (κ2) is 6.74. The highest BCUT2D eigenvalue weighted by Crippen LogP contribution is 2.17. The van der Waals surface area contributed by atoms with E-state index in [9.17, 15) is 10.2 Å². The quantitative estimate of drug-likeness (QED) is 0.577. The third-order valence-electron chi connectivity index (χ3n) is 2.12. The summed E-state index contributed by atoms with van der Waals surface area (Å²) in [4.78, 5) is 0. The molecule has 0 spiro atoms. The Morgan fingerprint density at radius 1 is 1.57 bits per heavy atom. The predicted octanol–water partition coefficient (Wildman–Crippen LogP) is 0.994. The average Bonchev–Trinajstić information content (AvgIpc) is 2.18. The minimum absolute atomic E-state index is 0.553. The van der Waals surface area contributed by atoms with E-state index in [0.29, 0.717) is 19.4 Å². The van der Waals surface area contributed by atoms with Crippen LogP contribution in [0, 0.1) is 0 Å². The van der Waals surface area contributed by atoms with Gasteiger partial charge in [-0.3, -0.25) is 0 Å². The summed E-state index contributed by atoms with van der Waals surface area (Å²) in [6, 6.07) is 0. The number of ether oxygens (including phenoxy) is 2. The minimum Gasteiger partial charge on any atom is -0.388 e. The Balaban J connectivity index is 2.20. The van der Waals surface area contributed by atoms with Crippen molar-refractivity contribution in [3.05, 3.63) is 0 Å². The molecule has 84 valence electrons. The first-order chi connectivity index (χ1) is 6.74. The summed E-state index contributed by atoms with van der Waals surface area (Å²) in [5.74, 6) is 0. The lowest BCUT2D eigenvalue weighted by Gasteiger charge is -2.29. The lowest BCUT2D eigenvalue weighted by molar-refractivity contribution is -0.274. The van der Waals surface area contributed by atoms with Crippen molar-refractivity contribution < 1.29 is 19.7 Å². The topological polar surface area (TPSA) is 58.9 Å². The van der Waals surface area contributed by atoms with Gasteiger partial charge in [-0.1, -0.05) is 15.9 Å². The molecule has 1 aliphatic rings. The Kier molecular flexibility index (Phi) is 5.96. The molecule has 0 bridgehead atoms. The standard InChI is InChI=1S/C9H17BrO4/c10-5-1-4-8(12)14-9-7(11)3-2-6-13-9/h7-9,11-12H,1-6H2. The Morgan fingerprint density at radius 3 is 3.00 bits per heavy atom. The van der Waals surface area contributed by atoms with E-state index in [1.165, 1.54) is 0 Å². The molecule has 1 saturated heterocycles. The van der Waals surface area contributed by atoms with Crippen LogP contribution in [-0.4, -0.2) is 40.8 Å². The van der Waals surface area contributed by atoms with Crippen LogP contribution >= 0.6 is 15.9 Å². The van der Waals surface area contributed by atoms with Gasteiger partial charge in [0.15, 0.2) is 12.6 Å². The van der Waals surface area contributed by atoms with Crippen LogP contribution in [0.4, 0.5) is 0 Å². The summed E-state index contributed by atoms with van der Waals surface area (Å²) in [6.07, 6.45) is 0.803. The number of halogens is 1. The van der Waals surface area contributed by atoms with Crippen molar-refractivity contribution in [3.8, 4) is 0 Å². The van der Waals surface area contributed by atoms with Crippen LogP contribution in [0.15, 0.2) is 0 Å². The normalized spacial score (nSPS) is 30.2. The molecule has 1 aliphatic heterocycles. The lowest BCUT2D eigenvalue weighted by atomic mass is 10.1. The molecule has 0 amide bonds. The molecular weight excluding hydrogens is 252 g/mol. The van der Waals surface area contributed by atoms with Gasteiger partial charge in [0, 0.05) is 11.9 Å². The van der Waals surface area contributed by atoms with Gasteiger partial charge in [0.2, 0.25) is 0 Å². The smallest absolute Gasteiger partial charge is 0.186 e. The zero-order valence-electron chi connectivity index (χ0n) is 8.06. The van der Waals surface area contributed by atoms with Crippen LogP contribution < -0.4 is 0 Å². The SMILES string of the molecule is OC(CCCBr)OC1OCCCC1O. The monoisotopic (exact) mass is 268 g/mol. The van der Waals surface area contributed by atoms with E-state index in [1.54, 1.807) is 0 Å². The van der Waals surface area contributed by atoms with E-state index < -0.39 is 18.7 Å². The van der Waals surface area contributed by atoms with Gasteiger partial charge >= 0.3 is 0 Å². The van der Waals surface area contributed by atoms with Gasteiger partial charge in [0.25, 0.3) is 0 Å². The first kappa shape index (κ1) is 12.4. The van der Waals surface area contributed by atoms with Gasteiger partial charge in [-0.2, -0.15) is 0 Å². The van der Waals surface area contributed by atoms with Gasteiger partial charge in [-0.15, -0.1) is 0 Å². The first-order valence-corrected chi connectivity index (χ1v) is 6.05. The number of rotatable bonds is 5. The Bertz CT molecular complexity index is 156. The molecule has 0 aromatic heterocycles. The molecule has 0 aliphatic carbocycles. The van der Waals surface area contributed by atoms with Gasteiger partial charge in [0.1, 0.15) is 6.10 Å². The maximum atomic E-state index is 9.47. The number of aliphatic hydroxyl groups is 2. The molecule has 3 atom stereocenters. The van der Waals surface area contributed by atoms with Crippen LogP contribution in [-0.2, 0) is 9.47 Å². The zero-order valence-corrected chi connectivity index (χ0v) is 9.65. The van der Waals surface area contributed by atoms with Crippen molar-refractivity contribution >= 4 is 15.9 Å². The second-order valence-corrected chi connectivity index (χ2v) is 4.16. The molecule has 14 heavy (non-hydrogen) atoms. The van der Waals surface area contributed by atoms with E-state index in [4.69, 9.17) is 9.47 Å². The summed E-state index contributed by atoms with van der Waals surface area (Å²) in [5.41, 5.74) is 0. The lowest BCUT2D eigenvalue weighted by Crippen LogP contribution is -2.38. The van der Waals surface area contributed by atoms with Crippen molar-refractivity contribution in [1.29, 1.82) is 0 Å². The largest absolute Gasteiger partial charge is 0.388 e. The number of alkyl halides is 1. The maximum Gasteiger partial charge on any atom is 0.186 e. The fourth-order valence-electron chi connectivity index (χ4n) is 1.34. The fraction of sp³-hybridized carbons (Fsp3) is 1.00. The van der Waals surface area contributed by atoms with E-state index >= 15 is 0 Å². The van der Waals surface area contributed by atoms with Crippen molar-refractivity contribution in [1.82, 2.24) is 0 Å². The molecule has 2 N–H and O–H groups in total. The number of hydrogen-bond acceptors (Lipinski definition) is 4. The molecule has 0 aromatic rings. The molecule has 0 radical (unpaired) electrons. The van der Waals surface area contributed by atoms with Gasteiger partial charge < -0.3 is 19.7 Å². The molecular formula is C9H17BrO4. The van der Waals surface area contributed by atoms with Crippen LogP contribution in [0.25, 0.3) is 0 Å². The summed E-state index contributed by atoms with van der Waals surface area (Å²) >= 11 is 3.27. The summed E-state index contributed by atoms with van der Waals surface area (Å²) in [5, 5.41) is 19.7. The molecule has 1 heterocycles. The highest BCUT2D eigenvalue weighted by molar-refractivity contribution is 9.09. The molecule has 1 rings (SSSR count). The van der Waals surface area contributed by atoms with Crippen LogP contribution in [0.2, 0.25) is 0 Å². The molecule has 0 saturated carbocycles. The van der Waals surface area contributed by atoms with Gasteiger partial charge in [-0.05, 0) is 25.7 Å². The molecule has 5 heteroatoms. The third-order valence-corrected chi connectivity index (χ3v) is 2.68. The highest BCUT2D eigenvalue weighted by atomic mass is 79.9. The Morgan fingerprint density at radius 2 is 2.36 bits per heavy atom. The molecule has 0 aromatic carbocycles. The highest BCUT2D eigenvalue weighted by Gasteiger charge is 2.26. The summed E-state index contributed by atoms with van der Waals surface area (Å²) in [6.45, 7) is 0.590. The van der Waals surface area contributed by atoms with Crippen molar-refractivity contribution in [2.75, 3.05) is 11.9 Å². The number of aliphatic hydroxyl groups excluding tert-OH is 2. The zero-order chi connectivity index (χ0) is 10.4. The maximum absolute atomic E-state index is 9.47. The number of hydrogen-bond donors (Lipinski definition) is 2. The molecule has 1 fully saturated rings. The van der Waals surface area contributed by atoms with Crippen molar-refractivity contribution in [3.63, 3.8) is 0 Å². The van der Waals surface area contributed by atoms with Gasteiger partial charge in [0.05, 0.1) is 0 Å². The average molecular weight is 269 g/mol. The third kappa shape index (κ3) is 4.23. The Hall–Kier alpha value is 0.320. The van der Waals surface area contributed by atoms with E-state index in [1.807, 2.05) is 0 Å². The van der Waals surface area contributed by atoms with Crippen LogP contribution in [0.1, 0.15) is 25.7 Å². The van der Waals surface area contributed by atoms with E-state index in [2.05, 4.69) is 15.9 Å². The molecule has 4 nitrogen and oxygen atoms in total. The fourth-order valence-corrected chi connectivity index (χ4v) is 1.67. The van der Waals surface area contributed by atoms with Crippen LogP contribution in [0.5, 0.6) is 0 Å². The Labute approximate surface area is 92.3 Å². The van der Waals surface area contributed by atoms with Crippen molar-refractivity contribution in [2.24, 2.45) is 0 Å². The van der Waals surface area contributed by atoms with E-state index in [0.717, 1.165) is 18.2 Å². The first-order valence-electron chi connectivity index (χ1n) is 4.93. The molecule has 3 unspecified atom stereocenters. The minimum atomic E-state index is -0.842.